The van der Waals surface area contributed by atoms with Gasteiger partial charge in [-0.05, 0) is 37.6 Å². The summed E-state index contributed by atoms with van der Waals surface area (Å²) in [5, 5.41) is 5.90. The molecule has 0 bridgehead atoms. The summed E-state index contributed by atoms with van der Waals surface area (Å²) in [6.07, 6.45) is 0.759. The highest BCUT2D eigenvalue weighted by atomic mass is 35.5. The van der Waals surface area contributed by atoms with Crippen LogP contribution < -0.4 is 16.4 Å². The second-order valence-corrected chi connectivity index (χ2v) is 3.91. The zero-order valence-corrected chi connectivity index (χ0v) is 11.2. The Morgan fingerprint density at radius 1 is 1.47 bits per heavy atom. The van der Waals surface area contributed by atoms with Crippen LogP contribution in [0.2, 0.25) is 5.02 Å². The van der Waals surface area contributed by atoms with Crippen LogP contribution in [0, 0.1) is 6.92 Å². The average molecular weight is 278 g/mol. The number of halogens is 2. The number of hydrogen-bond donors (Lipinski definition) is 3. The van der Waals surface area contributed by atoms with E-state index in [0.29, 0.717) is 23.8 Å². The molecule has 96 valence electrons. The van der Waals surface area contributed by atoms with Crippen molar-refractivity contribution in [2.24, 2.45) is 5.73 Å². The standard InChI is InChI=1S/C11H16ClN3O.ClH/c1-8-3-4-9(12)10(7-8)15-11(16)14-6-2-5-13;/h3-4,7H,2,5-6,13H2,1H3,(H2,14,15,16);1H. The normalized spacial score (nSPS) is 9.35. The number of nitrogens with one attached hydrogen (secondary N) is 2. The molecule has 0 atom stereocenters. The molecule has 0 unspecified atom stereocenters. The van der Waals surface area contributed by atoms with Crippen LogP contribution in [-0.2, 0) is 0 Å². The summed E-state index contributed by atoms with van der Waals surface area (Å²) < 4.78 is 0. The molecule has 0 saturated heterocycles. The maximum atomic E-state index is 11.4. The van der Waals surface area contributed by atoms with Crippen LogP contribution in [0.4, 0.5) is 10.5 Å². The van der Waals surface area contributed by atoms with Crippen LogP contribution in [0.5, 0.6) is 0 Å². The van der Waals surface area contributed by atoms with E-state index in [1.54, 1.807) is 6.07 Å². The molecular formula is C11H17Cl2N3O. The number of aryl methyl sites for hydroxylation is 1. The largest absolute Gasteiger partial charge is 0.338 e. The molecule has 0 heterocycles. The second-order valence-electron chi connectivity index (χ2n) is 3.51. The fraction of sp³-hybridized carbons (Fsp3) is 0.364. The van der Waals surface area contributed by atoms with Gasteiger partial charge in [-0.15, -0.1) is 12.4 Å². The molecule has 2 amide bonds. The maximum absolute atomic E-state index is 11.4. The Morgan fingerprint density at radius 2 is 2.18 bits per heavy atom. The summed E-state index contributed by atoms with van der Waals surface area (Å²) in [6, 6.07) is 5.21. The highest BCUT2D eigenvalue weighted by Gasteiger charge is 2.04. The lowest BCUT2D eigenvalue weighted by Crippen LogP contribution is -2.30. The van der Waals surface area contributed by atoms with E-state index in [0.717, 1.165) is 12.0 Å². The summed E-state index contributed by atoms with van der Waals surface area (Å²) in [6.45, 7) is 3.06. The maximum Gasteiger partial charge on any atom is 0.319 e. The molecule has 0 aliphatic rings. The van der Waals surface area contributed by atoms with Crippen LogP contribution in [0.1, 0.15) is 12.0 Å². The molecule has 0 radical (unpaired) electrons. The third kappa shape index (κ3) is 5.77. The van der Waals surface area contributed by atoms with Gasteiger partial charge in [-0.2, -0.15) is 0 Å². The average Bonchev–Trinajstić information content (AvgIpc) is 2.24. The number of amides is 2. The fourth-order valence-corrected chi connectivity index (χ4v) is 1.37. The molecule has 0 fully saturated rings. The van der Waals surface area contributed by atoms with Crippen LogP contribution in [-0.4, -0.2) is 19.1 Å². The molecular weight excluding hydrogens is 261 g/mol. The van der Waals surface area contributed by atoms with Crippen LogP contribution in [0.3, 0.4) is 0 Å². The van der Waals surface area contributed by atoms with Crippen molar-refractivity contribution in [1.82, 2.24) is 5.32 Å². The zero-order valence-electron chi connectivity index (χ0n) is 9.63. The Bertz CT molecular complexity index is 372. The molecule has 4 N–H and O–H groups in total. The van der Waals surface area contributed by atoms with E-state index in [2.05, 4.69) is 10.6 Å². The van der Waals surface area contributed by atoms with E-state index >= 15 is 0 Å². The predicted octanol–water partition coefficient (Wildman–Crippen LogP) is 2.54. The molecule has 0 saturated carbocycles. The number of carbonyl (C=O) groups is 1. The minimum Gasteiger partial charge on any atom is -0.338 e. The monoisotopic (exact) mass is 277 g/mol. The van der Waals surface area contributed by atoms with Crippen LogP contribution >= 0.6 is 24.0 Å². The van der Waals surface area contributed by atoms with Crippen molar-refractivity contribution in [1.29, 1.82) is 0 Å². The van der Waals surface area contributed by atoms with Crippen molar-refractivity contribution < 1.29 is 4.79 Å². The van der Waals surface area contributed by atoms with Gasteiger partial charge in [-0.25, -0.2) is 4.79 Å². The zero-order chi connectivity index (χ0) is 12.0. The molecule has 17 heavy (non-hydrogen) atoms. The van der Waals surface area contributed by atoms with E-state index in [9.17, 15) is 4.79 Å². The highest BCUT2D eigenvalue weighted by molar-refractivity contribution is 6.33. The van der Waals surface area contributed by atoms with E-state index in [-0.39, 0.29) is 18.4 Å². The first-order valence-electron chi connectivity index (χ1n) is 5.14. The molecule has 0 aliphatic heterocycles. The Morgan fingerprint density at radius 3 is 2.82 bits per heavy atom. The van der Waals surface area contributed by atoms with Gasteiger partial charge in [0.2, 0.25) is 0 Å². The first-order chi connectivity index (χ1) is 7.63. The van der Waals surface area contributed by atoms with Crippen molar-refractivity contribution in [3.63, 3.8) is 0 Å². The quantitative estimate of drug-likeness (QED) is 0.741. The highest BCUT2D eigenvalue weighted by Crippen LogP contribution is 2.22. The Kier molecular flexibility index (Phi) is 7.70. The minimum atomic E-state index is -0.263. The molecule has 1 aromatic carbocycles. The minimum absolute atomic E-state index is 0. The molecule has 0 aliphatic carbocycles. The van der Waals surface area contributed by atoms with Gasteiger partial charge in [-0.3, -0.25) is 0 Å². The molecule has 6 heteroatoms. The van der Waals surface area contributed by atoms with Crippen molar-refractivity contribution in [3.05, 3.63) is 28.8 Å². The number of anilines is 1. The summed E-state index contributed by atoms with van der Waals surface area (Å²) >= 11 is 5.94. The SMILES string of the molecule is Cc1ccc(Cl)c(NC(=O)NCCCN)c1.Cl. The molecule has 0 aromatic heterocycles. The number of hydrogen-bond acceptors (Lipinski definition) is 2. The van der Waals surface area contributed by atoms with Gasteiger partial charge >= 0.3 is 6.03 Å². The number of benzene rings is 1. The first-order valence-corrected chi connectivity index (χ1v) is 5.52. The third-order valence-corrected chi connectivity index (χ3v) is 2.37. The van der Waals surface area contributed by atoms with Crippen molar-refractivity contribution in [2.45, 2.75) is 13.3 Å². The summed E-state index contributed by atoms with van der Waals surface area (Å²) in [4.78, 5) is 11.4. The lowest BCUT2D eigenvalue weighted by atomic mass is 10.2. The Hall–Kier alpha value is -0.970. The summed E-state index contributed by atoms with van der Waals surface area (Å²) in [5.74, 6) is 0. The van der Waals surface area contributed by atoms with Crippen LogP contribution in [0.25, 0.3) is 0 Å². The fourth-order valence-electron chi connectivity index (χ4n) is 1.21. The van der Waals surface area contributed by atoms with Gasteiger partial charge in [0, 0.05) is 6.54 Å². The van der Waals surface area contributed by atoms with Crippen molar-refractivity contribution >= 4 is 35.7 Å². The predicted molar refractivity (Wildman–Crippen MR) is 74.1 cm³/mol. The molecule has 0 spiro atoms. The van der Waals surface area contributed by atoms with Crippen LogP contribution in [0.15, 0.2) is 18.2 Å². The van der Waals surface area contributed by atoms with Gasteiger partial charge in [-0.1, -0.05) is 17.7 Å². The Balaban J connectivity index is 0.00000256. The van der Waals surface area contributed by atoms with E-state index < -0.39 is 0 Å². The van der Waals surface area contributed by atoms with Gasteiger partial charge in [0.15, 0.2) is 0 Å². The topological polar surface area (TPSA) is 67.2 Å². The summed E-state index contributed by atoms with van der Waals surface area (Å²) in [7, 11) is 0. The number of urea groups is 1. The Labute approximate surface area is 112 Å². The molecule has 1 rings (SSSR count). The lowest BCUT2D eigenvalue weighted by molar-refractivity contribution is 0.252. The van der Waals surface area contributed by atoms with E-state index in [1.807, 2.05) is 19.1 Å². The number of carbonyl (C=O) groups excluding carboxylic acids is 1. The van der Waals surface area contributed by atoms with Gasteiger partial charge in [0.05, 0.1) is 10.7 Å². The van der Waals surface area contributed by atoms with Crippen molar-refractivity contribution in [3.8, 4) is 0 Å². The van der Waals surface area contributed by atoms with E-state index in [4.69, 9.17) is 17.3 Å². The number of rotatable bonds is 4. The first kappa shape index (κ1) is 16.0. The second kappa shape index (κ2) is 8.17. The van der Waals surface area contributed by atoms with Gasteiger partial charge < -0.3 is 16.4 Å². The number of nitrogens with two attached hydrogens (primary N) is 1. The van der Waals surface area contributed by atoms with Crippen molar-refractivity contribution in [2.75, 3.05) is 18.4 Å². The van der Waals surface area contributed by atoms with E-state index in [1.165, 1.54) is 0 Å². The summed E-state index contributed by atoms with van der Waals surface area (Å²) in [5.41, 5.74) is 6.98. The van der Waals surface area contributed by atoms with Gasteiger partial charge in [0.25, 0.3) is 0 Å². The molecule has 4 nitrogen and oxygen atoms in total. The van der Waals surface area contributed by atoms with Gasteiger partial charge in [0.1, 0.15) is 0 Å². The third-order valence-electron chi connectivity index (χ3n) is 2.04. The molecule has 1 aromatic rings. The smallest absolute Gasteiger partial charge is 0.319 e. The lowest BCUT2D eigenvalue weighted by Gasteiger charge is -2.09.